The number of carbonyl (C=O) groups is 2. The van der Waals surface area contributed by atoms with Crippen molar-refractivity contribution < 1.29 is 14.3 Å². The summed E-state index contributed by atoms with van der Waals surface area (Å²) in [6, 6.07) is 0. The van der Waals surface area contributed by atoms with Crippen LogP contribution in [0, 0.1) is 5.41 Å². The summed E-state index contributed by atoms with van der Waals surface area (Å²) < 4.78 is 4.48. The maximum atomic E-state index is 12.0. The molecule has 3 N–H and O–H groups in total. The molecule has 0 rings (SSSR count). The van der Waals surface area contributed by atoms with Crippen LogP contribution >= 0.6 is 12.2 Å². The molecule has 0 fully saturated rings. The van der Waals surface area contributed by atoms with Gasteiger partial charge in [-0.05, 0) is 12.8 Å². The number of thiocarbonyl (C=S) groups is 1. The van der Waals surface area contributed by atoms with E-state index in [1.54, 1.807) is 0 Å². The van der Waals surface area contributed by atoms with E-state index < -0.39 is 5.41 Å². The van der Waals surface area contributed by atoms with Crippen LogP contribution in [0.1, 0.15) is 33.1 Å². The number of carbonyl (C=O) groups excluding carboxylic acids is 2. The average molecular weight is 260 g/mol. The molecule has 1 amide bonds. The fourth-order valence-electron chi connectivity index (χ4n) is 1.58. The molecule has 0 aromatic heterocycles. The van der Waals surface area contributed by atoms with Gasteiger partial charge >= 0.3 is 5.97 Å². The molecule has 0 heterocycles. The number of hydrogen-bond acceptors (Lipinski definition) is 4. The predicted molar refractivity (Wildman–Crippen MR) is 69.4 cm³/mol. The fourth-order valence-corrected chi connectivity index (χ4v) is 1.96. The average Bonchev–Trinajstić information content (AvgIpc) is 2.30. The third-order valence-corrected chi connectivity index (χ3v) is 3.35. The molecular formula is C11H20N2O3S. The molecular weight excluding hydrogens is 240 g/mol. The minimum Gasteiger partial charge on any atom is -0.469 e. The van der Waals surface area contributed by atoms with Gasteiger partial charge in [-0.15, -0.1) is 0 Å². The van der Waals surface area contributed by atoms with Crippen LogP contribution in [0.5, 0.6) is 0 Å². The van der Waals surface area contributed by atoms with Crippen LogP contribution in [0.25, 0.3) is 0 Å². The Morgan fingerprint density at radius 1 is 1.35 bits per heavy atom. The number of methoxy groups -OCH3 is 1. The number of nitrogens with one attached hydrogen (secondary N) is 1. The highest BCUT2D eigenvalue weighted by molar-refractivity contribution is 7.80. The van der Waals surface area contributed by atoms with E-state index in [0.717, 1.165) is 0 Å². The van der Waals surface area contributed by atoms with E-state index in [0.29, 0.717) is 12.8 Å². The van der Waals surface area contributed by atoms with Crippen molar-refractivity contribution in [2.24, 2.45) is 11.1 Å². The molecule has 0 spiro atoms. The van der Waals surface area contributed by atoms with Crippen LogP contribution in [0.3, 0.4) is 0 Å². The van der Waals surface area contributed by atoms with Crippen molar-refractivity contribution in [3.8, 4) is 0 Å². The fraction of sp³-hybridized carbons (Fsp3) is 0.727. The molecule has 0 radical (unpaired) electrons. The van der Waals surface area contributed by atoms with E-state index >= 15 is 0 Å². The Morgan fingerprint density at radius 3 is 2.24 bits per heavy atom. The zero-order chi connectivity index (χ0) is 13.5. The largest absolute Gasteiger partial charge is 0.469 e. The lowest BCUT2D eigenvalue weighted by molar-refractivity contribution is -0.140. The maximum absolute atomic E-state index is 12.0. The first-order chi connectivity index (χ1) is 7.94. The second-order valence-corrected chi connectivity index (χ2v) is 4.18. The van der Waals surface area contributed by atoms with Gasteiger partial charge in [0.1, 0.15) is 0 Å². The Hall–Kier alpha value is -1.17. The van der Waals surface area contributed by atoms with Gasteiger partial charge in [-0.1, -0.05) is 26.1 Å². The highest BCUT2D eigenvalue weighted by Gasteiger charge is 2.37. The second kappa shape index (κ2) is 7.21. The third-order valence-electron chi connectivity index (χ3n) is 2.96. The van der Waals surface area contributed by atoms with Crippen molar-refractivity contribution in [3.05, 3.63) is 0 Å². The van der Waals surface area contributed by atoms with E-state index in [1.165, 1.54) is 7.11 Å². The van der Waals surface area contributed by atoms with Crippen LogP contribution in [0.2, 0.25) is 0 Å². The van der Waals surface area contributed by atoms with Crippen LogP contribution in [0.15, 0.2) is 0 Å². The van der Waals surface area contributed by atoms with Crippen LogP contribution < -0.4 is 11.1 Å². The van der Waals surface area contributed by atoms with Gasteiger partial charge < -0.3 is 15.8 Å². The Balaban J connectivity index is 4.45. The number of nitrogens with two attached hydrogens (primary N) is 1. The Bertz CT molecular complexity index is 301. The molecule has 5 nitrogen and oxygen atoms in total. The van der Waals surface area contributed by atoms with E-state index in [-0.39, 0.29) is 29.8 Å². The van der Waals surface area contributed by atoms with Gasteiger partial charge in [0.05, 0.1) is 23.9 Å². The predicted octanol–water partition coefficient (Wildman–Crippen LogP) is 0.758. The van der Waals surface area contributed by atoms with Gasteiger partial charge in [-0.25, -0.2) is 0 Å². The molecule has 0 aromatic carbocycles. The van der Waals surface area contributed by atoms with Crippen molar-refractivity contribution in [1.29, 1.82) is 0 Å². The highest BCUT2D eigenvalue weighted by atomic mass is 32.1. The highest BCUT2D eigenvalue weighted by Crippen LogP contribution is 2.27. The zero-order valence-electron chi connectivity index (χ0n) is 10.5. The molecule has 17 heavy (non-hydrogen) atoms. The van der Waals surface area contributed by atoms with Gasteiger partial charge in [0.15, 0.2) is 0 Å². The molecule has 0 saturated heterocycles. The second-order valence-electron chi connectivity index (χ2n) is 3.74. The quantitative estimate of drug-likeness (QED) is 0.521. The zero-order valence-corrected chi connectivity index (χ0v) is 11.4. The molecule has 0 atom stereocenters. The first-order valence-corrected chi connectivity index (χ1v) is 6.00. The normalized spacial score (nSPS) is 10.8. The lowest BCUT2D eigenvalue weighted by Crippen LogP contribution is -2.48. The molecule has 98 valence electrons. The topological polar surface area (TPSA) is 81.4 Å². The molecule has 0 aromatic rings. The molecule has 6 heteroatoms. The summed E-state index contributed by atoms with van der Waals surface area (Å²) in [6.45, 7) is 3.96. The monoisotopic (exact) mass is 260 g/mol. The van der Waals surface area contributed by atoms with Crippen molar-refractivity contribution in [2.45, 2.75) is 33.1 Å². The molecule has 0 unspecified atom stereocenters. The minimum atomic E-state index is -0.814. The maximum Gasteiger partial charge on any atom is 0.307 e. The standard InChI is InChI=1S/C11H20N2O3S/c1-4-11(5-2,9(12)17)10(15)13-7-6-8(14)16-3/h4-7H2,1-3H3,(H2,12,17)(H,13,15). The van der Waals surface area contributed by atoms with E-state index in [9.17, 15) is 9.59 Å². The van der Waals surface area contributed by atoms with Gasteiger partial charge in [0.2, 0.25) is 5.91 Å². The summed E-state index contributed by atoms with van der Waals surface area (Å²) in [5, 5.41) is 2.66. The third kappa shape index (κ3) is 3.96. The lowest BCUT2D eigenvalue weighted by Gasteiger charge is -2.28. The first kappa shape index (κ1) is 15.8. The summed E-state index contributed by atoms with van der Waals surface area (Å²) in [5.74, 6) is -0.585. The molecule has 0 aliphatic heterocycles. The molecule has 0 aliphatic carbocycles. The van der Waals surface area contributed by atoms with Crippen molar-refractivity contribution in [3.63, 3.8) is 0 Å². The van der Waals surface area contributed by atoms with Crippen molar-refractivity contribution in [1.82, 2.24) is 5.32 Å². The number of rotatable bonds is 7. The minimum absolute atomic E-state index is 0.142. The van der Waals surface area contributed by atoms with Gasteiger partial charge in [0.25, 0.3) is 0 Å². The Kier molecular flexibility index (Phi) is 6.72. The van der Waals surface area contributed by atoms with Gasteiger partial charge in [0, 0.05) is 6.54 Å². The molecule has 0 bridgehead atoms. The summed E-state index contributed by atoms with van der Waals surface area (Å²) in [4.78, 5) is 23.1. The van der Waals surface area contributed by atoms with Gasteiger partial charge in [-0.3, -0.25) is 9.59 Å². The first-order valence-electron chi connectivity index (χ1n) is 5.59. The number of hydrogen-bond donors (Lipinski definition) is 2. The Morgan fingerprint density at radius 2 is 1.88 bits per heavy atom. The summed E-state index contributed by atoms with van der Waals surface area (Å²) >= 11 is 4.95. The molecule has 0 aliphatic rings. The van der Waals surface area contributed by atoms with Crippen LogP contribution in [-0.2, 0) is 14.3 Å². The number of amides is 1. The smallest absolute Gasteiger partial charge is 0.307 e. The lowest BCUT2D eigenvalue weighted by atomic mass is 9.81. The van der Waals surface area contributed by atoms with Crippen molar-refractivity contribution >= 4 is 29.1 Å². The summed E-state index contributed by atoms with van der Waals surface area (Å²) in [5.41, 5.74) is 4.82. The Labute approximate surface area is 107 Å². The number of esters is 1. The van der Waals surface area contributed by atoms with E-state index in [1.807, 2.05) is 13.8 Å². The van der Waals surface area contributed by atoms with E-state index in [2.05, 4.69) is 10.1 Å². The summed E-state index contributed by atoms with van der Waals surface area (Å²) in [7, 11) is 1.31. The van der Waals surface area contributed by atoms with Crippen LogP contribution in [-0.4, -0.2) is 30.5 Å². The number of ether oxygens (including phenoxy) is 1. The summed E-state index contributed by atoms with van der Waals surface area (Å²) in [6.07, 6.45) is 1.23. The van der Waals surface area contributed by atoms with E-state index in [4.69, 9.17) is 18.0 Å². The van der Waals surface area contributed by atoms with Crippen molar-refractivity contribution in [2.75, 3.05) is 13.7 Å². The SMILES string of the molecule is CCC(CC)(C(=O)NCCC(=O)OC)C(N)=S. The molecule has 0 saturated carbocycles. The van der Waals surface area contributed by atoms with Gasteiger partial charge in [-0.2, -0.15) is 0 Å². The van der Waals surface area contributed by atoms with Crippen LogP contribution in [0.4, 0.5) is 0 Å².